The Bertz CT molecular complexity index is 472. The van der Waals surface area contributed by atoms with Gasteiger partial charge >= 0.3 is 5.97 Å². The quantitative estimate of drug-likeness (QED) is 0.717. The van der Waals surface area contributed by atoms with Gasteiger partial charge in [-0.05, 0) is 0 Å². The van der Waals surface area contributed by atoms with Crippen LogP contribution in [-0.2, 0) is 9.47 Å². The monoisotopic (exact) mass is 303 g/mol. The van der Waals surface area contributed by atoms with Gasteiger partial charge in [0.15, 0.2) is 15.2 Å². The Morgan fingerprint density at radius 1 is 1.53 bits per heavy atom. The first-order valence-corrected chi connectivity index (χ1v) is 6.69. The number of nitrogens with zero attached hydrogens (tertiary/aromatic N) is 3. The molecule has 104 valence electrons. The number of hydrogen-bond acceptors (Lipinski definition) is 7. The molecule has 6 nitrogen and oxygen atoms in total. The van der Waals surface area contributed by atoms with E-state index in [2.05, 4.69) is 15.8 Å². The second kappa shape index (κ2) is 7.94. The topological polar surface area (TPSA) is 75.5 Å². The summed E-state index contributed by atoms with van der Waals surface area (Å²) in [6.07, 6.45) is 0.356. The highest BCUT2D eigenvalue weighted by Gasteiger charge is 2.20. The van der Waals surface area contributed by atoms with E-state index < -0.39 is 5.97 Å². The number of thiazole rings is 1. The summed E-state index contributed by atoms with van der Waals surface area (Å²) < 4.78 is 9.63. The van der Waals surface area contributed by atoms with Crippen molar-refractivity contribution in [1.29, 1.82) is 5.26 Å². The Morgan fingerprint density at radius 2 is 2.26 bits per heavy atom. The second-order valence-electron chi connectivity index (χ2n) is 3.50. The summed E-state index contributed by atoms with van der Waals surface area (Å²) >= 11 is 7.05. The van der Waals surface area contributed by atoms with E-state index in [-0.39, 0.29) is 10.0 Å². The van der Waals surface area contributed by atoms with Crippen LogP contribution in [0, 0.1) is 11.3 Å². The molecule has 1 heterocycles. The predicted octanol–water partition coefficient (Wildman–Crippen LogP) is 1.95. The minimum Gasteiger partial charge on any atom is -0.465 e. The summed E-state index contributed by atoms with van der Waals surface area (Å²) in [7, 11) is 2.88. The number of carbonyl (C=O) groups excluding carboxylic acids is 1. The van der Waals surface area contributed by atoms with E-state index in [1.165, 1.54) is 7.11 Å². The van der Waals surface area contributed by atoms with Crippen molar-refractivity contribution in [3.63, 3.8) is 0 Å². The Hall–Kier alpha value is -1.36. The highest BCUT2D eigenvalue weighted by Crippen LogP contribution is 2.30. The summed E-state index contributed by atoms with van der Waals surface area (Å²) in [5.41, 5.74) is 0. The number of aromatic nitrogens is 1. The molecule has 0 aliphatic rings. The van der Waals surface area contributed by atoms with Crippen LogP contribution in [0.5, 0.6) is 0 Å². The average molecular weight is 304 g/mol. The molecule has 0 bridgehead atoms. The van der Waals surface area contributed by atoms with Gasteiger partial charge in [-0.1, -0.05) is 22.9 Å². The molecule has 19 heavy (non-hydrogen) atoms. The van der Waals surface area contributed by atoms with Gasteiger partial charge in [0.25, 0.3) is 0 Å². The number of halogens is 1. The molecule has 0 aliphatic carbocycles. The van der Waals surface area contributed by atoms with E-state index in [9.17, 15) is 4.79 Å². The predicted molar refractivity (Wildman–Crippen MR) is 72.8 cm³/mol. The smallest absolute Gasteiger partial charge is 0.351 e. The summed E-state index contributed by atoms with van der Waals surface area (Å²) in [5.74, 6) is -0.513. The van der Waals surface area contributed by atoms with Crippen molar-refractivity contribution in [2.24, 2.45) is 0 Å². The minimum atomic E-state index is -0.513. The molecule has 0 aliphatic heterocycles. The Labute approximate surface area is 120 Å². The van der Waals surface area contributed by atoms with Gasteiger partial charge in [0.05, 0.1) is 26.2 Å². The molecule has 0 radical (unpaired) electrons. The van der Waals surface area contributed by atoms with E-state index in [0.29, 0.717) is 31.2 Å². The Morgan fingerprint density at radius 3 is 2.84 bits per heavy atom. The van der Waals surface area contributed by atoms with Gasteiger partial charge in [-0.25, -0.2) is 9.78 Å². The van der Waals surface area contributed by atoms with Crippen molar-refractivity contribution in [2.75, 3.05) is 38.8 Å². The molecule has 0 saturated heterocycles. The average Bonchev–Trinajstić information content (AvgIpc) is 2.80. The van der Waals surface area contributed by atoms with Crippen molar-refractivity contribution >= 4 is 34.0 Å². The largest absolute Gasteiger partial charge is 0.465 e. The van der Waals surface area contributed by atoms with E-state index in [4.69, 9.17) is 21.6 Å². The minimum absolute atomic E-state index is 0.117. The number of nitriles is 1. The molecule has 0 amide bonds. The van der Waals surface area contributed by atoms with Crippen molar-refractivity contribution < 1.29 is 14.3 Å². The Kier molecular flexibility index (Phi) is 6.56. The van der Waals surface area contributed by atoms with Crippen molar-refractivity contribution in [1.82, 2.24) is 4.98 Å². The SMILES string of the molecule is COCCN(CCC#N)c1nc(Cl)c(C(=O)OC)s1. The lowest BCUT2D eigenvalue weighted by molar-refractivity contribution is 0.0606. The fraction of sp³-hybridized carbons (Fsp3) is 0.545. The third-order valence-corrected chi connectivity index (χ3v) is 3.76. The standard InChI is InChI=1S/C11H14ClN3O3S/c1-17-7-6-15(5-3-4-13)11-14-9(12)8(19-11)10(16)18-2/h3,5-7H2,1-2H3. The summed E-state index contributed by atoms with van der Waals surface area (Å²) in [4.78, 5) is 17.7. The van der Waals surface area contributed by atoms with Gasteiger partial charge < -0.3 is 14.4 Å². The van der Waals surface area contributed by atoms with Gasteiger partial charge in [0.2, 0.25) is 0 Å². The number of anilines is 1. The van der Waals surface area contributed by atoms with Gasteiger partial charge in [0.1, 0.15) is 0 Å². The number of esters is 1. The summed E-state index contributed by atoms with van der Waals surface area (Å²) in [6.45, 7) is 1.57. The lowest BCUT2D eigenvalue weighted by Gasteiger charge is -2.19. The van der Waals surface area contributed by atoms with Crippen LogP contribution >= 0.6 is 22.9 Å². The molecule has 0 unspecified atom stereocenters. The lowest BCUT2D eigenvalue weighted by atomic mass is 10.4. The molecular formula is C11H14ClN3O3S. The van der Waals surface area contributed by atoms with Crippen LogP contribution in [0.25, 0.3) is 0 Å². The zero-order valence-electron chi connectivity index (χ0n) is 10.7. The van der Waals surface area contributed by atoms with E-state index in [1.807, 2.05) is 4.90 Å². The maximum atomic E-state index is 11.5. The zero-order chi connectivity index (χ0) is 14.3. The first-order chi connectivity index (χ1) is 9.13. The number of carbonyl (C=O) groups is 1. The van der Waals surface area contributed by atoms with E-state index in [1.54, 1.807) is 7.11 Å². The van der Waals surface area contributed by atoms with Gasteiger partial charge in [-0.2, -0.15) is 5.26 Å². The van der Waals surface area contributed by atoms with E-state index in [0.717, 1.165) is 11.3 Å². The molecule has 0 saturated carbocycles. The van der Waals surface area contributed by atoms with Crippen LogP contribution in [0.15, 0.2) is 0 Å². The van der Waals surface area contributed by atoms with Crippen LogP contribution in [-0.4, -0.2) is 44.9 Å². The molecule has 0 fully saturated rings. The maximum absolute atomic E-state index is 11.5. The van der Waals surface area contributed by atoms with Gasteiger partial charge in [-0.15, -0.1) is 0 Å². The molecule has 0 aromatic carbocycles. The van der Waals surface area contributed by atoms with Crippen molar-refractivity contribution in [2.45, 2.75) is 6.42 Å². The molecule has 1 aromatic heterocycles. The molecule has 1 rings (SSSR count). The van der Waals surface area contributed by atoms with Crippen LogP contribution in [0.3, 0.4) is 0 Å². The lowest BCUT2D eigenvalue weighted by Crippen LogP contribution is -2.28. The van der Waals surface area contributed by atoms with E-state index >= 15 is 0 Å². The van der Waals surface area contributed by atoms with Gasteiger partial charge in [-0.3, -0.25) is 0 Å². The van der Waals surface area contributed by atoms with Crippen LogP contribution in [0.4, 0.5) is 5.13 Å². The highest BCUT2D eigenvalue weighted by atomic mass is 35.5. The third kappa shape index (κ3) is 4.35. The fourth-order valence-electron chi connectivity index (χ4n) is 1.33. The maximum Gasteiger partial charge on any atom is 0.351 e. The van der Waals surface area contributed by atoms with Crippen molar-refractivity contribution in [3.05, 3.63) is 10.0 Å². The molecular weight excluding hydrogens is 290 g/mol. The summed E-state index contributed by atoms with van der Waals surface area (Å²) in [6, 6.07) is 2.07. The molecule has 0 spiro atoms. The number of rotatable bonds is 7. The molecule has 0 N–H and O–H groups in total. The number of methoxy groups -OCH3 is 2. The van der Waals surface area contributed by atoms with Gasteiger partial charge in [0, 0.05) is 20.2 Å². The fourth-order valence-corrected chi connectivity index (χ4v) is 2.59. The first kappa shape index (κ1) is 15.7. The molecule has 1 aromatic rings. The summed E-state index contributed by atoms with van der Waals surface area (Å²) in [5, 5.41) is 9.35. The number of hydrogen-bond donors (Lipinski definition) is 0. The first-order valence-electron chi connectivity index (χ1n) is 5.49. The van der Waals surface area contributed by atoms with Crippen molar-refractivity contribution in [3.8, 4) is 6.07 Å². The van der Waals surface area contributed by atoms with Crippen LogP contribution in [0.2, 0.25) is 5.15 Å². The third-order valence-electron chi connectivity index (χ3n) is 2.27. The second-order valence-corrected chi connectivity index (χ2v) is 4.83. The van der Waals surface area contributed by atoms with Crippen LogP contribution in [0.1, 0.15) is 16.1 Å². The Balaban J connectivity index is 2.89. The zero-order valence-corrected chi connectivity index (χ0v) is 12.3. The highest BCUT2D eigenvalue weighted by molar-refractivity contribution is 7.18. The molecule has 0 atom stereocenters. The van der Waals surface area contributed by atoms with Crippen LogP contribution < -0.4 is 4.90 Å². The number of ether oxygens (including phenoxy) is 2. The molecule has 8 heteroatoms. The normalized spacial score (nSPS) is 10.0.